The van der Waals surface area contributed by atoms with Crippen molar-refractivity contribution in [3.8, 4) is 0 Å². The second-order valence-corrected chi connectivity index (χ2v) is 5.48. The predicted molar refractivity (Wildman–Crippen MR) is 75.2 cm³/mol. The van der Waals surface area contributed by atoms with E-state index in [1.165, 1.54) is 0 Å². The largest absolute Gasteiger partial charge is 0.394 e. The fourth-order valence-corrected chi connectivity index (χ4v) is 1.94. The second-order valence-electron chi connectivity index (χ2n) is 4.63. The van der Waals surface area contributed by atoms with Gasteiger partial charge < -0.3 is 15.5 Å². The van der Waals surface area contributed by atoms with E-state index in [0.717, 1.165) is 6.42 Å². The molecule has 3 N–H and O–H groups in total. The Morgan fingerprint density at radius 1 is 1.39 bits per heavy atom. The molecule has 0 saturated carbocycles. The number of aliphatic hydroxyl groups is 2. The molecule has 0 aliphatic rings. The van der Waals surface area contributed by atoms with Crippen LogP contribution in [0.5, 0.6) is 0 Å². The van der Waals surface area contributed by atoms with Crippen LogP contribution < -0.4 is 5.32 Å². The molecule has 1 rings (SSSR count). The maximum Gasteiger partial charge on any atom is 0.0929 e. The van der Waals surface area contributed by atoms with E-state index in [2.05, 4.69) is 5.32 Å². The molecule has 0 radical (unpaired) electrons. The van der Waals surface area contributed by atoms with Gasteiger partial charge in [0.15, 0.2) is 0 Å². The lowest BCUT2D eigenvalue weighted by molar-refractivity contribution is 0.126. The zero-order valence-electron chi connectivity index (χ0n) is 10.6. The van der Waals surface area contributed by atoms with E-state index in [4.69, 9.17) is 23.2 Å². The summed E-state index contributed by atoms with van der Waals surface area (Å²) in [6.45, 7) is 4.20. The summed E-state index contributed by atoms with van der Waals surface area (Å²) < 4.78 is 0. The maximum absolute atomic E-state index is 10.1. The first-order valence-corrected chi connectivity index (χ1v) is 6.66. The van der Waals surface area contributed by atoms with Crippen molar-refractivity contribution in [1.29, 1.82) is 0 Å². The Balaban J connectivity index is 2.71. The Hall–Kier alpha value is -0.320. The molecule has 0 saturated heterocycles. The van der Waals surface area contributed by atoms with E-state index in [1.54, 1.807) is 18.2 Å². The van der Waals surface area contributed by atoms with Gasteiger partial charge in [0.25, 0.3) is 0 Å². The molecule has 2 unspecified atom stereocenters. The molecule has 1 aromatic rings. The summed E-state index contributed by atoms with van der Waals surface area (Å²) in [7, 11) is 0. The summed E-state index contributed by atoms with van der Waals surface area (Å²) in [5, 5.41) is 23.5. The quantitative estimate of drug-likeness (QED) is 0.755. The van der Waals surface area contributed by atoms with Crippen LogP contribution in [0, 0.1) is 0 Å². The van der Waals surface area contributed by atoms with Crippen molar-refractivity contribution in [3.05, 3.63) is 33.8 Å². The van der Waals surface area contributed by atoms with Gasteiger partial charge in [0.05, 0.1) is 12.7 Å². The molecule has 0 amide bonds. The number of aliphatic hydroxyl groups excluding tert-OH is 2. The van der Waals surface area contributed by atoms with Crippen LogP contribution in [-0.4, -0.2) is 28.9 Å². The lowest BCUT2D eigenvalue weighted by Crippen LogP contribution is -2.46. The molecule has 0 bridgehead atoms. The van der Waals surface area contributed by atoms with Gasteiger partial charge in [0.2, 0.25) is 0 Å². The highest BCUT2D eigenvalue weighted by Gasteiger charge is 2.22. The van der Waals surface area contributed by atoms with Crippen LogP contribution in [0.4, 0.5) is 0 Å². The van der Waals surface area contributed by atoms with Gasteiger partial charge in [-0.2, -0.15) is 0 Å². The Labute approximate surface area is 118 Å². The third-order valence-corrected chi connectivity index (χ3v) is 3.75. The normalized spacial score (nSPS) is 16.3. The highest BCUT2D eigenvalue weighted by atomic mass is 35.5. The Morgan fingerprint density at radius 2 is 2.06 bits per heavy atom. The lowest BCUT2D eigenvalue weighted by Gasteiger charge is -2.29. The van der Waals surface area contributed by atoms with Crippen molar-refractivity contribution in [2.75, 3.05) is 13.2 Å². The molecule has 1 aromatic carbocycles. The van der Waals surface area contributed by atoms with Crippen molar-refractivity contribution >= 4 is 23.2 Å². The van der Waals surface area contributed by atoms with Crippen LogP contribution in [-0.2, 0) is 0 Å². The average molecular weight is 292 g/mol. The van der Waals surface area contributed by atoms with Gasteiger partial charge in [-0.3, -0.25) is 0 Å². The minimum absolute atomic E-state index is 0.0134. The van der Waals surface area contributed by atoms with E-state index in [9.17, 15) is 10.2 Å². The number of halogens is 2. The van der Waals surface area contributed by atoms with Gasteiger partial charge in [-0.1, -0.05) is 30.1 Å². The van der Waals surface area contributed by atoms with E-state index in [1.807, 2.05) is 13.8 Å². The molecule has 0 heterocycles. The zero-order chi connectivity index (χ0) is 13.8. The van der Waals surface area contributed by atoms with E-state index in [-0.39, 0.29) is 6.61 Å². The van der Waals surface area contributed by atoms with Gasteiger partial charge in [-0.15, -0.1) is 0 Å². The number of rotatable bonds is 6. The van der Waals surface area contributed by atoms with E-state index in [0.29, 0.717) is 22.2 Å². The fraction of sp³-hybridized carbons (Fsp3) is 0.538. The van der Waals surface area contributed by atoms with Crippen LogP contribution in [0.25, 0.3) is 0 Å². The number of hydrogen-bond donors (Lipinski definition) is 3. The van der Waals surface area contributed by atoms with Crippen molar-refractivity contribution in [3.63, 3.8) is 0 Å². The molecule has 0 aromatic heterocycles. The van der Waals surface area contributed by atoms with Gasteiger partial charge in [-0.25, -0.2) is 0 Å². The van der Waals surface area contributed by atoms with Crippen LogP contribution in [0.15, 0.2) is 18.2 Å². The molecule has 0 aliphatic heterocycles. The maximum atomic E-state index is 10.1. The molecule has 18 heavy (non-hydrogen) atoms. The Kier molecular flexibility index (Phi) is 5.89. The molecule has 5 heteroatoms. The lowest BCUT2D eigenvalue weighted by atomic mass is 9.99. The highest BCUT2D eigenvalue weighted by molar-refractivity contribution is 6.33. The van der Waals surface area contributed by atoms with Crippen molar-refractivity contribution in [1.82, 2.24) is 5.32 Å². The first-order chi connectivity index (χ1) is 8.41. The predicted octanol–water partition coefficient (Wildman–Crippen LogP) is 2.78. The molecule has 102 valence electrons. The van der Waals surface area contributed by atoms with Crippen LogP contribution in [0.2, 0.25) is 10.0 Å². The summed E-state index contributed by atoms with van der Waals surface area (Å²) in [6, 6.07) is 4.99. The van der Waals surface area contributed by atoms with Crippen molar-refractivity contribution < 1.29 is 10.2 Å². The molecule has 3 nitrogen and oxygen atoms in total. The molecule has 0 aliphatic carbocycles. The fourth-order valence-electron chi connectivity index (χ4n) is 1.52. The molecular weight excluding hydrogens is 273 g/mol. The summed E-state index contributed by atoms with van der Waals surface area (Å²) in [5.41, 5.74) is 0.194. The standard InChI is InChI=1S/C13H19Cl2NO2/c1-3-13(2,8-17)16-7-12(18)10-6-9(14)4-5-11(10)15/h4-6,12,16-18H,3,7-8H2,1-2H3. The van der Waals surface area contributed by atoms with Crippen LogP contribution >= 0.6 is 23.2 Å². The third kappa shape index (κ3) is 4.11. The first-order valence-electron chi connectivity index (χ1n) is 5.91. The molecular formula is C13H19Cl2NO2. The number of β-amino-alcohol motifs (C(OH)–C–C–N with tert-alkyl or cyclic N) is 1. The van der Waals surface area contributed by atoms with Gasteiger partial charge in [-0.05, 0) is 31.5 Å². The molecule has 0 spiro atoms. The summed E-state index contributed by atoms with van der Waals surface area (Å²) in [4.78, 5) is 0. The Morgan fingerprint density at radius 3 is 2.61 bits per heavy atom. The van der Waals surface area contributed by atoms with Gasteiger partial charge in [0.1, 0.15) is 0 Å². The Bertz CT molecular complexity index is 395. The van der Waals surface area contributed by atoms with Gasteiger partial charge in [0, 0.05) is 27.7 Å². The summed E-state index contributed by atoms with van der Waals surface area (Å²) >= 11 is 11.9. The van der Waals surface area contributed by atoms with Crippen molar-refractivity contribution in [2.24, 2.45) is 0 Å². The summed E-state index contributed by atoms with van der Waals surface area (Å²) in [5.74, 6) is 0. The monoisotopic (exact) mass is 291 g/mol. The van der Waals surface area contributed by atoms with E-state index < -0.39 is 11.6 Å². The second kappa shape index (κ2) is 6.73. The minimum Gasteiger partial charge on any atom is -0.394 e. The number of hydrogen-bond acceptors (Lipinski definition) is 3. The number of benzene rings is 1. The smallest absolute Gasteiger partial charge is 0.0929 e. The zero-order valence-corrected chi connectivity index (χ0v) is 12.1. The average Bonchev–Trinajstić information content (AvgIpc) is 2.38. The summed E-state index contributed by atoms with van der Waals surface area (Å²) in [6.07, 6.45) is 0.00749. The van der Waals surface area contributed by atoms with Crippen LogP contribution in [0.3, 0.4) is 0 Å². The molecule has 0 fully saturated rings. The van der Waals surface area contributed by atoms with E-state index >= 15 is 0 Å². The number of nitrogens with one attached hydrogen (secondary N) is 1. The SMILES string of the molecule is CCC(C)(CO)NCC(O)c1cc(Cl)ccc1Cl. The van der Waals surface area contributed by atoms with Crippen LogP contribution in [0.1, 0.15) is 31.9 Å². The minimum atomic E-state index is -0.756. The first kappa shape index (κ1) is 15.7. The molecule has 2 atom stereocenters. The topological polar surface area (TPSA) is 52.5 Å². The van der Waals surface area contributed by atoms with Crippen molar-refractivity contribution in [2.45, 2.75) is 31.9 Å². The van der Waals surface area contributed by atoms with Gasteiger partial charge >= 0.3 is 0 Å². The highest BCUT2D eigenvalue weighted by Crippen LogP contribution is 2.26. The third-order valence-electron chi connectivity index (χ3n) is 3.17.